The molecule has 0 fully saturated rings. The largest absolute Gasteiger partial charge is 0.325 e. The molecule has 0 aliphatic carbocycles. The highest BCUT2D eigenvalue weighted by atomic mass is 16.2. The molecule has 0 bridgehead atoms. The number of para-hydroxylation sites is 3. The molecule has 0 saturated carbocycles. The Labute approximate surface area is 210 Å². The predicted octanol–water partition coefficient (Wildman–Crippen LogP) is 5.56. The second kappa shape index (κ2) is 11.0. The molecule has 7 heteroatoms. The van der Waals surface area contributed by atoms with Gasteiger partial charge in [0.15, 0.2) is 0 Å². The van der Waals surface area contributed by atoms with Crippen LogP contribution in [0, 0.1) is 0 Å². The minimum absolute atomic E-state index is 0.163. The van der Waals surface area contributed by atoms with Crippen molar-refractivity contribution in [3.8, 4) is 11.3 Å². The van der Waals surface area contributed by atoms with Crippen LogP contribution in [0.15, 0.2) is 77.6 Å². The molecule has 184 valence electrons. The molecule has 1 unspecified atom stereocenters. The number of hydrogen-bond acceptors (Lipinski definition) is 4. The monoisotopic (exact) mass is 482 g/mol. The first-order valence-electron chi connectivity index (χ1n) is 12.3. The number of aromatic nitrogens is 2. The maximum atomic E-state index is 14.0. The van der Waals surface area contributed by atoms with Crippen LogP contribution in [0.5, 0.6) is 0 Å². The number of rotatable bonds is 8. The van der Waals surface area contributed by atoms with Crippen LogP contribution in [0.4, 0.5) is 11.4 Å². The lowest BCUT2D eigenvalue weighted by Gasteiger charge is -2.21. The number of benzene rings is 3. The summed E-state index contributed by atoms with van der Waals surface area (Å²) in [4.78, 5) is 44.2. The summed E-state index contributed by atoms with van der Waals surface area (Å²) in [5.41, 5.74) is 3.77. The van der Waals surface area contributed by atoms with Crippen molar-refractivity contribution in [3.63, 3.8) is 0 Å². The number of carbonyl (C=O) groups excluding carboxylic acids is 2. The van der Waals surface area contributed by atoms with Gasteiger partial charge in [-0.2, -0.15) is 0 Å². The standard InChI is InChI=1S/C29H30N4O3/c1-4-19-12-11-13-20(18-19)30-28(35)24(5-2)33-25-17-10-9-16-23(25)32-27(29(33)36)21-14-7-8-15-22(21)31-26(34)6-3/h7-18,24H,4-6H2,1-3H3,(H,30,35)(H,31,34). The summed E-state index contributed by atoms with van der Waals surface area (Å²) in [6, 6.07) is 21.3. The Bertz CT molecular complexity index is 1480. The van der Waals surface area contributed by atoms with Gasteiger partial charge in [-0.15, -0.1) is 0 Å². The smallest absolute Gasteiger partial charge is 0.278 e. The molecule has 0 aliphatic rings. The maximum absolute atomic E-state index is 14.0. The van der Waals surface area contributed by atoms with Crippen molar-refractivity contribution in [2.75, 3.05) is 10.6 Å². The number of nitrogens with zero attached hydrogens (tertiary/aromatic N) is 2. The fraction of sp³-hybridized carbons (Fsp3) is 0.241. The average Bonchev–Trinajstić information content (AvgIpc) is 2.90. The van der Waals surface area contributed by atoms with Crippen molar-refractivity contribution in [2.24, 2.45) is 0 Å². The van der Waals surface area contributed by atoms with Crippen LogP contribution in [-0.2, 0) is 16.0 Å². The van der Waals surface area contributed by atoms with E-state index in [2.05, 4.69) is 22.5 Å². The van der Waals surface area contributed by atoms with Gasteiger partial charge < -0.3 is 10.6 Å². The minimum Gasteiger partial charge on any atom is -0.325 e. The lowest BCUT2D eigenvalue weighted by Crippen LogP contribution is -2.34. The van der Waals surface area contributed by atoms with E-state index in [9.17, 15) is 14.4 Å². The zero-order chi connectivity index (χ0) is 25.7. The van der Waals surface area contributed by atoms with Crippen LogP contribution in [0.25, 0.3) is 22.3 Å². The van der Waals surface area contributed by atoms with Crippen molar-refractivity contribution in [1.82, 2.24) is 9.55 Å². The van der Waals surface area contributed by atoms with Gasteiger partial charge in [-0.1, -0.05) is 63.2 Å². The fourth-order valence-corrected chi connectivity index (χ4v) is 4.26. The predicted molar refractivity (Wildman–Crippen MR) is 144 cm³/mol. The SMILES string of the molecule is CCC(=O)Nc1ccccc1-c1nc2ccccc2n(C(CC)C(=O)Nc2cccc(CC)c2)c1=O. The molecular formula is C29H30N4O3. The first-order chi connectivity index (χ1) is 17.5. The molecule has 1 heterocycles. The van der Waals surface area contributed by atoms with Gasteiger partial charge in [0, 0.05) is 17.7 Å². The Kier molecular flexibility index (Phi) is 7.59. The van der Waals surface area contributed by atoms with Gasteiger partial charge in [-0.25, -0.2) is 4.98 Å². The molecule has 3 aromatic carbocycles. The third kappa shape index (κ3) is 5.05. The molecule has 0 aliphatic heterocycles. The molecule has 36 heavy (non-hydrogen) atoms. The van der Waals surface area contributed by atoms with Crippen LogP contribution in [0.2, 0.25) is 0 Å². The number of anilines is 2. The number of carbonyl (C=O) groups is 2. The van der Waals surface area contributed by atoms with E-state index in [1.54, 1.807) is 37.3 Å². The summed E-state index contributed by atoms with van der Waals surface area (Å²) in [6.45, 7) is 5.70. The third-order valence-corrected chi connectivity index (χ3v) is 6.18. The van der Waals surface area contributed by atoms with Crippen molar-refractivity contribution in [2.45, 2.75) is 46.1 Å². The van der Waals surface area contributed by atoms with Crippen molar-refractivity contribution in [3.05, 3.63) is 88.7 Å². The van der Waals surface area contributed by atoms with Crippen LogP contribution in [0.3, 0.4) is 0 Å². The second-order valence-corrected chi connectivity index (χ2v) is 8.54. The van der Waals surface area contributed by atoms with E-state index in [0.29, 0.717) is 40.8 Å². The van der Waals surface area contributed by atoms with E-state index in [1.807, 2.05) is 49.4 Å². The van der Waals surface area contributed by atoms with Crippen LogP contribution >= 0.6 is 0 Å². The minimum atomic E-state index is -0.758. The zero-order valence-electron chi connectivity index (χ0n) is 20.7. The highest BCUT2D eigenvalue weighted by molar-refractivity contribution is 5.96. The Morgan fingerprint density at radius 3 is 2.42 bits per heavy atom. The van der Waals surface area contributed by atoms with Gasteiger partial charge in [-0.3, -0.25) is 19.0 Å². The normalized spacial score (nSPS) is 11.8. The quantitative estimate of drug-likeness (QED) is 0.344. The summed E-state index contributed by atoms with van der Waals surface area (Å²) in [6.07, 6.45) is 1.56. The van der Waals surface area contributed by atoms with Gasteiger partial charge in [0.2, 0.25) is 11.8 Å². The molecule has 2 amide bonds. The van der Waals surface area contributed by atoms with Gasteiger partial charge >= 0.3 is 0 Å². The summed E-state index contributed by atoms with van der Waals surface area (Å²) in [7, 11) is 0. The first-order valence-corrected chi connectivity index (χ1v) is 12.3. The van der Waals surface area contributed by atoms with E-state index < -0.39 is 11.6 Å². The maximum Gasteiger partial charge on any atom is 0.278 e. The molecule has 2 N–H and O–H groups in total. The number of nitrogens with one attached hydrogen (secondary N) is 2. The molecule has 1 atom stereocenters. The van der Waals surface area contributed by atoms with E-state index in [-0.39, 0.29) is 17.5 Å². The Morgan fingerprint density at radius 1 is 0.917 bits per heavy atom. The summed E-state index contributed by atoms with van der Waals surface area (Å²) < 4.78 is 1.52. The second-order valence-electron chi connectivity index (χ2n) is 8.54. The number of hydrogen-bond donors (Lipinski definition) is 2. The van der Waals surface area contributed by atoms with Crippen molar-refractivity contribution in [1.29, 1.82) is 0 Å². The van der Waals surface area contributed by atoms with E-state index in [0.717, 1.165) is 12.0 Å². The lowest BCUT2D eigenvalue weighted by molar-refractivity contribution is -0.119. The Hall–Kier alpha value is -4.26. The molecule has 0 radical (unpaired) electrons. The third-order valence-electron chi connectivity index (χ3n) is 6.18. The first kappa shape index (κ1) is 24.9. The molecular weight excluding hydrogens is 452 g/mol. The summed E-state index contributed by atoms with van der Waals surface area (Å²) in [5, 5.41) is 5.84. The summed E-state index contributed by atoms with van der Waals surface area (Å²) in [5.74, 6) is -0.439. The van der Waals surface area contributed by atoms with Gasteiger partial charge in [0.05, 0.1) is 16.7 Å². The van der Waals surface area contributed by atoms with Crippen molar-refractivity contribution < 1.29 is 9.59 Å². The molecule has 0 spiro atoms. The topological polar surface area (TPSA) is 93.1 Å². The molecule has 7 nitrogen and oxygen atoms in total. The van der Waals surface area contributed by atoms with Crippen molar-refractivity contribution >= 4 is 34.2 Å². The van der Waals surface area contributed by atoms with E-state index in [1.165, 1.54) is 4.57 Å². The molecule has 4 aromatic rings. The molecule has 4 rings (SSSR count). The highest BCUT2D eigenvalue weighted by Crippen LogP contribution is 2.28. The van der Waals surface area contributed by atoms with Gasteiger partial charge in [0.1, 0.15) is 11.7 Å². The zero-order valence-corrected chi connectivity index (χ0v) is 20.7. The highest BCUT2D eigenvalue weighted by Gasteiger charge is 2.25. The lowest BCUT2D eigenvalue weighted by atomic mass is 10.1. The average molecular weight is 483 g/mol. The van der Waals surface area contributed by atoms with Gasteiger partial charge in [-0.05, 0) is 48.7 Å². The molecule has 0 saturated heterocycles. The molecule has 1 aromatic heterocycles. The fourth-order valence-electron chi connectivity index (χ4n) is 4.26. The number of amides is 2. The Morgan fingerprint density at radius 2 is 1.67 bits per heavy atom. The van der Waals surface area contributed by atoms with Crippen LogP contribution in [-0.4, -0.2) is 21.4 Å². The van der Waals surface area contributed by atoms with E-state index >= 15 is 0 Å². The summed E-state index contributed by atoms with van der Waals surface area (Å²) >= 11 is 0. The Balaban J connectivity index is 1.85. The van der Waals surface area contributed by atoms with Crippen LogP contribution < -0.4 is 16.2 Å². The number of aryl methyl sites for hydroxylation is 1. The number of fused-ring (bicyclic) bond motifs is 1. The van der Waals surface area contributed by atoms with Crippen LogP contribution in [0.1, 0.15) is 45.2 Å². The van der Waals surface area contributed by atoms with Gasteiger partial charge in [0.25, 0.3) is 5.56 Å². The van der Waals surface area contributed by atoms with E-state index in [4.69, 9.17) is 0 Å².